The second-order valence-corrected chi connectivity index (χ2v) is 4.49. The van der Waals surface area contributed by atoms with Crippen molar-refractivity contribution in [2.24, 2.45) is 0 Å². The average molecular weight is 297 g/mol. The minimum absolute atomic E-state index is 0.200. The normalized spacial score (nSPS) is 10.5. The molecule has 0 fully saturated rings. The number of rotatable bonds is 2. The molecule has 0 amide bonds. The summed E-state index contributed by atoms with van der Waals surface area (Å²) in [4.78, 5) is 11.7. The summed E-state index contributed by atoms with van der Waals surface area (Å²) < 4.78 is 15.0. The van der Waals surface area contributed by atoms with Gasteiger partial charge in [-0.2, -0.15) is 0 Å². The molecule has 2 aromatic rings. The molecule has 0 unspecified atom stereocenters. The topological polar surface area (TPSA) is 48.0 Å². The lowest BCUT2D eigenvalue weighted by molar-refractivity contribution is 0.624. The first-order valence-electron chi connectivity index (χ1n) is 4.97. The minimum Gasteiger partial charge on any atom is -0.394 e. The van der Waals surface area contributed by atoms with Crippen LogP contribution in [0, 0.1) is 5.82 Å². The molecule has 1 aromatic carbocycles. The molecule has 17 heavy (non-hydrogen) atoms. The molecule has 5 heteroatoms. The van der Waals surface area contributed by atoms with Crippen LogP contribution in [0.2, 0.25) is 0 Å². The number of benzene rings is 1. The highest BCUT2D eigenvalue weighted by atomic mass is 79.9. The maximum absolute atomic E-state index is 12.9. The van der Waals surface area contributed by atoms with Gasteiger partial charge in [-0.15, -0.1) is 0 Å². The van der Waals surface area contributed by atoms with E-state index in [2.05, 4.69) is 15.9 Å². The third kappa shape index (κ3) is 2.55. The Kier molecular flexibility index (Phi) is 3.28. The number of nitrogen functional groups attached to an aromatic ring is 1. The predicted molar refractivity (Wildman–Crippen MR) is 68.3 cm³/mol. The molecule has 0 atom stereocenters. The van der Waals surface area contributed by atoms with Crippen LogP contribution in [0.15, 0.2) is 45.8 Å². The molecular weight excluding hydrogens is 287 g/mol. The van der Waals surface area contributed by atoms with Crippen LogP contribution in [0.5, 0.6) is 0 Å². The van der Waals surface area contributed by atoms with Crippen molar-refractivity contribution in [3.05, 3.63) is 62.7 Å². The lowest BCUT2D eigenvalue weighted by Gasteiger charge is -2.08. The van der Waals surface area contributed by atoms with Gasteiger partial charge in [-0.3, -0.25) is 4.79 Å². The molecule has 0 spiro atoms. The molecule has 1 aromatic heterocycles. The summed E-state index contributed by atoms with van der Waals surface area (Å²) in [7, 11) is 0. The summed E-state index contributed by atoms with van der Waals surface area (Å²) >= 11 is 3.26. The van der Waals surface area contributed by atoms with Crippen LogP contribution in [0.25, 0.3) is 0 Å². The van der Waals surface area contributed by atoms with Gasteiger partial charge in [0.05, 0.1) is 12.2 Å². The Bertz CT molecular complexity index is 610. The number of nitrogens with zero attached hydrogens (tertiary/aromatic N) is 1. The van der Waals surface area contributed by atoms with Gasteiger partial charge in [0.15, 0.2) is 0 Å². The Balaban J connectivity index is 2.38. The number of halogens is 2. The summed E-state index contributed by atoms with van der Waals surface area (Å²) in [5, 5.41) is 0. The van der Waals surface area contributed by atoms with Crippen molar-refractivity contribution >= 4 is 21.6 Å². The lowest BCUT2D eigenvalue weighted by Crippen LogP contribution is -2.22. The number of hydrogen-bond donors (Lipinski definition) is 1. The average Bonchev–Trinajstić information content (AvgIpc) is 2.28. The SMILES string of the molecule is Nc1cccn(Cc2ccc(F)cc2Br)c1=O. The van der Waals surface area contributed by atoms with E-state index in [1.54, 1.807) is 24.4 Å². The fraction of sp³-hybridized carbons (Fsp3) is 0.0833. The number of aromatic nitrogens is 1. The van der Waals surface area contributed by atoms with Crippen molar-refractivity contribution in [3.8, 4) is 0 Å². The van der Waals surface area contributed by atoms with Crippen molar-refractivity contribution in [2.45, 2.75) is 6.54 Å². The fourth-order valence-electron chi connectivity index (χ4n) is 1.51. The van der Waals surface area contributed by atoms with Gasteiger partial charge in [-0.1, -0.05) is 22.0 Å². The van der Waals surface area contributed by atoms with Crippen LogP contribution in [-0.2, 0) is 6.54 Å². The molecular formula is C12H10BrFN2O. The second-order valence-electron chi connectivity index (χ2n) is 3.63. The standard InChI is InChI=1S/C12H10BrFN2O/c13-10-6-9(14)4-3-8(10)7-16-5-1-2-11(15)12(16)17/h1-6H,7,15H2. The van der Waals surface area contributed by atoms with E-state index >= 15 is 0 Å². The van der Waals surface area contributed by atoms with Gasteiger partial charge in [0, 0.05) is 10.7 Å². The van der Waals surface area contributed by atoms with E-state index < -0.39 is 0 Å². The maximum atomic E-state index is 12.9. The number of nitrogens with two attached hydrogens (primary N) is 1. The molecule has 0 aliphatic carbocycles. The third-order valence-electron chi connectivity index (χ3n) is 2.41. The Morgan fingerprint density at radius 1 is 1.35 bits per heavy atom. The number of anilines is 1. The van der Waals surface area contributed by atoms with E-state index in [1.807, 2.05) is 0 Å². The molecule has 0 aliphatic rings. The summed E-state index contributed by atoms with van der Waals surface area (Å²) in [5.74, 6) is -0.319. The highest BCUT2D eigenvalue weighted by molar-refractivity contribution is 9.10. The molecule has 2 N–H and O–H groups in total. The summed E-state index contributed by atoms with van der Waals surface area (Å²) in [5.41, 5.74) is 6.30. The Hall–Kier alpha value is -1.62. The first-order chi connectivity index (χ1) is 8.08. The zero-order valence-corrected chi connectivity index (χ0v) is 10.4. The van der Waals surface area contributed by atoms with Crippen LogP contribution in [0.3, 0.4) is 0 Å². The van der Waals surface area contributed by atoms with Crippen LogP contribution >= 0.6 is 15.9 Å². The highest BCUT2D eigenvalue weighted by Crippen LogP contribution is 2.18. The molecule has 0 bridgehead atoms. The molecule has 0 saturated heterocycles. The molecule has 0 saturated carbocycles. The van der Waals surface area contributed by atoms with E-state index in [-0.39, 0.29) is 17.1 Å². The molecule has 88 valence electrons. The fourth-order valence-corrected chi connectivity index (χ4v) is 1.99. The monoisotopic (exact) mass is 296 g/mol. The van der Waals surface area contributed by atoms with Crippen LogP contribution in [0.4, 0.5) is 10.1 Å². The minimum atomic E-state index is -0.319. The zero-order chi connectivity index (χ0) is 12.4. The highest BCUT2D eigenvalue weighted by Gasteiger charge is 2.04. The van der Waals surface area contributed by atoms with E-state index in [4.69, 9.17) is 5.73 Å². The molecule has 0 radical (unpaired) electrons. The Labute approximate surface area is 106 Å². The van der Waals surface area contributed by atoms with E-state index in [0.717, 1.165) is 5.56 Å². The van der Waals surface area contributed by atoms with Gasteiger partial charge in [-0.05, 0) is 29.8 Å². The van der Waals surface area contributed by atoms with Crippen molar-refractivity contribution in [1.29, 1.82) is 0 Å². The van der Waals surface area contributed by atoms with Gasteiger partial charge in [0.25, 0.3) is 5.56 Å². The van der Waals surface area contributed by atoms with E-state index in [1.165, 1.54) is 16.7 Å². The van der Waals surface area contributed by atoms with Gasteiger partial charge in [-0.25, -0.2) is 4.39 Å². The van der Waals surface area contributed by atoms with Crippen molar-refractivity contribution in [3.63, 3.8) is 0 Å². The van der Waals surface area contributed by atoms with Crippen LogP contribution in [-0.4, -0.2) is 4.57 Å². The Morgan fingerprint density at radius 2 is 2.12 bits per heavy atom. The predicted octanol–water partition coefficient (Wildman–Crippen LogP) is 2.38. The van der Waals surface area contributed by atoms with Crippen molar-refractivity contribution in [1.82, 2.24) is 4.57 Å². The quantitative estimate of drug-likeness (QED) is 0.925. The smallest absolute Gasteiger partial charge is 0.273 e. The van der Waals surface area contributed by atoms with Crippen LogP contribution < -0.4 is 11.3 Å². The third-order valence-corrected chi connectivity index (χ3v) is 3.14. The lowest BCUT2D eigenvalue weighted by atomic mass is 10.2. The summed E-state index contributed by atoms with van der Waals surface area (Å²) in [6.07, 6.45) is 1.65. The van der Waals surface area contributed by atoms with Gasteiger partial charge < -0.3 is 10.3 Å². The van der Waals surface area contributed by atoms with E-state index in [0.29, 0.717) is 11.0 Å². The second kappa shape index (κ2) is 4.71. The van der Waals surface area contributed by atoms with Crippen LogP contribution in [0.1, 0.15) is 5.56 Å². The summed E-state index contributed by atoms with van der Waals surface area (Å²) in [6, 6.07) is 7.62. The molecule has 1 heterocycles. The maximum Gasteiger partial charge on any atom is 0.273 e. The first kappa shape index (κ1) is 11.9. The summed E-state index contributed by atoms with van der Waals surface area (Å²) in [6.45, 7) is 0.352. The molecule has 0 aliphatic heterocycles. The van der Waals surface area contributed by atoms with Gasteiger partial charge in [0.1, 0.15) is 5.82 Å². The molecule has 3 nitrogen and oxygen atoms in total. The van der Waals surface area contributed by atoms with Gasteiger partial charge >= 0.3 is 0 Å². The number of hydrogen-bond acceptors (Lipinski definition) is 2. The zero-order valence-electron chi connectivity index (χ0n) is 8.86. The van der Waals surface area contributed by atoms with Gasteiger partial charge in [0.2, 0.25) is 0 Å². The van der Waals surface area contributed by atoms with E-state index in [9.17, 15) is 9.18 Å². The largest absolute Gasteiger partial charge is 0.394 e. The first-order valence-corrected chi connectivity index (χ1v) is 5.76. The van der Waals surface area contributed by atoms with Crippen molar-refractivity contribution in [2.75, 3.05) is 5.73 Å². The molecule has 2 rings (SSSR count). The number of pyridine rings is 1. The Morgan fingerprint density at radius 3 is 2.82 bits per heavy atom. The van der Waals surface area contributed by atoms with Crippen molar-refractivity contribution < 1.29 is 4.39 Å².